The molecule has 1 N–H and O–H groups in total. The summed E-state index contributed by atoms with van der Waals surface area (Å²) in [5.41, 5.74) is 0. The van der Waals surface area contributed by atoms with Crippen molar-refractivity contribution in [3.05, 3.63) is 11.7 Å². The van der Waals surface area contributed by atoms with E-state index >= 15 is 0 Å². The molecule has 0 bridgehead atoms. The van der Waals surface area contributed by atoms with Crippen LogP contribution in [0.1, 0.15) is 24.6 Å². The van der Waals surface area contributed by atoms with Crippen molar-refractivity contribution in [2.75, 3.05) is 19.7 Å². The van der Waals surface area contributed by atoms with Crippen LogP contribution < -0.4 is 5.32 Å². The van der Waals surface area contributed by atoms with Gasteiger partial charge in [0.05, 0.1) is 0 Å². The normalized spacial score (nSPS) is 17.6. The predicted molar refractivity (Wildman–Crippen MR) is 64.2 cm³/mol. The molecule has 1 fully saturated rings. The van der Waals surface area contributed by atoms with Gasteiger partial charge in [-0.15, -0.1) is 0 Å². The van der Waals surface area contributed by atoms with Crippen LogP contribution in [0.15, 0.2) is 4.52 Å². The lowest BCUT2D eigenvalue weighted by molar-refractivity contribution is -0.168. The van der Waals surface area contributed by atoms with Crippen LogP contribution in [-0.2, 0) is 17.8 Å². The number of nitrogens with one attached hydrogen (secondary N) is 1. The average molecular weight is 311 g/mol. The van der Waals surface area contributed by atoms with E-state index in [1.165, 1.54) is 0 Å². The molecule has 5 nitrogen and oxygen atoms in total. The second-order valence-electron chi connectivity index (χ2n) is 5.06. The number of piperidine rings is 1. The summed E-state index contributed by atoms with van der Waals surface area (Å²) in [4.78, 5) is 4.01. The minimum Gasteiger partial charge on any atom is -0.367 e. The molecule has 2 heterocycles. The van der Waals surface area contributed by atoms with Crippen molar-refractivity contribution >= 4 is 0 Å². The summed E-state index contributed by atoms with van der Waals surface area (Å²) < 4.78 is 58.6. The molecule has 120 valence electrons. The van der Waals surface area contributed by atoms with E-state index in [4.69, 9.17) is 4.52 Å². The smallest absolute Gasteiger partial charge is 0.330 e. The molecular formula is C12H17F4N3O2. The highest BCUT2D eigenvalue weighted by Gasteiger charge is 2.41. The molecule has 0 amide bonds. The second-order valence-corrected chi connectivity index (χ2v) is 5.06. The van der Waals surface area contributed by atoms with Crippen LogP contribution in [-0.4, -0.2) is 42.2 Å². The molecule has 0 saturated carbocycles. The van der Waals surface area contributed by atoms with Crippen molar-refractivity contribution < 1.29 is 26.8 Å². The number of ether oxygens (including phenoxy) is 1. The zero-order chi connectivity index (χ0) is 15.3. The molecule has 1 aliphatic heterocycles. The first-order valence-corrected chi connectivity index (χ1v) is 6.73. The van der Waals surface area contributed by atoms with Crippen molar-refractivity contribution in [1.82, 2.24) is 15.5 Å². The van der Waals surface area contributed by atoms with E-state index in [-0.39, 0.29) is 12.4 Å². The lowest BCUT2D eigenvalue weighted by atomic mass is 9.95. The van der Waals surface area contributed by atoms with Crippen LogP contribution in [0.2, 0.25) is 0 Å². The first kappa shape index (κ1) is 16.2. The third-order valence-corrected chi connectivity index (χ3v) is 3.28. The summed E-state index contributed by atoms with van der Waals surface area (Å²) in [6.07, 6.45) is -1.11. The first-order valence-electron chi connectivity index (χ1n) is 6.73. The Morgan fingerprint density at radius 3 is 2.71 bits per heavy atom. The molecule has 1 saturated heterocycles. The average Bonchev–Trinajstić information content (AvgIpc) is 2.87. The van der Waals surface area contributed by atoms with E-state index < -0.39 is 19.0 Å². The zero-order valence-corrected chi connectivity index (χ0v) is 11.3. The molecule has 1 aromatic rings. The predicted octanol–water partition coefficient (Wildman–Crippen LogP) is 2.03. The van der Waals surface area contributed by atoms with Crippen LogP contribution in [0.4, 0.5) is 17.6 Å². The highest BCUT2D eigenvalue weighted by Crippen LogP contribution is 2.23. The molecule has 0 atom stereocenters. The van der Waals surface area contributed by atoms with Crippen molar-refractivity contribution in [1.29, 1.82) is 0 Å². The van der Waals surface area contributed by atoms with Gasteiger partial charge >= 0.3 is 12.3 Å². The van der Waals surface area contributed by atoms with E-state index in [0.717, 1.165) is 25.9 Å². The van der Waals surface area contributed by atoms with Gasteiger partial charge in [0.15, 0.2) is 5.82 Å². The number of aromatic nitrogens is 2. The Morgan fingerprint density at radius 2 is 2.05 bits per heavy atom. The van der Waals surface area contributed by atoms with Crippen molar-refractivity contribution in [2.24, 2.45) is 5.92 Å². The summed E-state index contributed by atoms with van der Waals surface area (Å²) in [7, 11) is 0. The van der Waals surface area contributed by atoms with Crippen molar-refractivity contribution in [2.45, 2.75) is 38.2 Å². The SMILES string of the molecule is FC(F)C(F)(F)COCc1noc(CC2CCNCC2)n1. The third-order valence-electron chi connectivity index (χ3n) is 3.28. The van der Waals surface area contributed by atoms with E-state index in [1.807, 2.05) is 0 Å². The highest BCUT2D eigenvalue weighted by atomic mass is 19.3. The quantitative estimate of drug-likeness (QED) is 0.781. The molecule has 2 rings (SSSR count). The molecule has 9 heteroatoms. The summed E-state index contributed by atoms with van der Waals surface area (Å²) in [5, 5.41) is 6.82. The van der Waals surface area contributed by atoms with Crippen LogP contribution in [0.5, 0.6) is 0 Å². The molecule has 21 heavy (non-hydrogen) atoms. The maximum atomic E-state index is 12.6. The molecule has 1 aromatic heterocycles. The molecule has 0 radical (unpaired) electrons. The van der Waals surface area contributed by atoms with Gasteiger partial charge < -0.3 is 14.6 Å². The van der Waals surface area contributed by atoms with Crippen LogP contribution in [0, 0.1) is 5.92 Å². The Balaban J connectivity index is 1.75. The maximum Gasteiger partial charge on any atom is 0.330 e. The van der Waals surface area contributed by atoms with Crippen molar-refractivity contribution in [3.8, 4) is 0 Å². The van der Waals surface area contributed by atoms with E-state index in [1.54, 1.807) is 0 Å². The van der Waals surface area contributed by atoms with Crippen LogP contribution in [0.3, 0.4) is 0 Å². The van der Waals surface area contributed by atoms with Gasteiger partial charge in [0, 0.05) is 6.42 Å². The van der Waals surface area contributed by atoms with Gasteiger partial charge in [-0.2, -0.15) is 13.8 Å². The summed E-state index contributed by atoms with van der Waals surface area (Å²) in [6.45, 7) is 0.135. The Labute approximate surface area is 119 Å². The van der Waals surface area contributed by atoms with Gasteiger partial charge in [0.1, 0.15) is 13.2 Å². The van der Waals surface area contributed by atoms with Crippen LogP contribution >= 0.6 is 0 Å². The minimum atomic E-state index is -4.17. The molecule has 0 spiro atoms. The molecule has 0 aromatic carbocycles. The highest BCUT2D eigenvalue weighted by molar-refractivity contribution is 4.88. The summed E-state index contributed by atoms with van der Waals surface area (Å²) in [6, 6.07) is 0. The standard InChI is InChI=1S/C12H17F4N3O2/c13-11(14)12(15,16)7-20-6-9-18-10(21-19-9)5-8-1-3-17-4-2-8/h8,11,17H,1-7H2. The minimum absolute atomic E-state index is 0.0870. The lowest BCUT2D eigenvalue weighted by Gasteiger charge is -2.20. The van der Waals surface area contributed by atoms with E-state index in [9.17, 15) is 17.6 Å². The number of alkyl halides is 4. The largest absolute Gasteiger partial charge is 0.367 e. The first-order chi connectivity index (χ1) is 9.97. The van der Waals surface area contributed by atoms with Crippen LogP contribution in [0.25, 0.3) is 0 Å². The fraction of sp³-hybridized carbons (Fsp3) is 0.833. The lowest BCUT2D eigenvalue weighted by Crippen LogP contribution is -2.32. The van der Waals surface area contributed by atoms with Gasteiger partial charge in [-0.25, -0.2) is 8.78 Å². The topological polar surface area (TPSA) is 60.2 Å². The number of rotatable bonds is 7. The van der Waals surface area contributed by atoms with Gasteiger partial charge in [-0.3, -0.25) is 0 Å². The maximum absolute atomic E-state index is 12.6. The molecular weight excluding hydrogens is 294 g/mol. The Hall–Kier alpha value is -1.22. The third kappa shape index (κ3) is 4.92. The molecule has 1 aliphatic rings. The number of nitrogens with zero attached hydrogens (tertiary/aromatic N) is 2. The van der Waals surface area contributed by atoms with Gasteiger partial charge in [0.2, 0.25) is 5.89 Å². The fourth-order valence-electron chi connectivity index (χ4n) is 2.11. The monoisotopic (exact) mass is 311 g/mol. The van der Waals surface area contributed by atoms with Crippen molar-refractivity contribution in [3.63, 3.8) is 0 Å². The number of hydrogen-bond acceptors (Lipinski definition) is 5. The molecule has 0 unspecified atom stereocenters. The number of hydrogen-bond donors (Lipinski definition) is 1. The Morgan fingerprint density at radius 1 is 1.33 bits per heavy atom. The summed E-state index contributed by atoms with van der Waals surface area (Å²) >= 11 is 0. The van der Waals surface area contributed by atoms with Gasteiger partial charge in [-0.1, -0.05) is 5.16 Å². The Bertz CT molecular complexity index is 436. The fourth-order valence-corrected chi connectivity index (χ4v) is 2.11. The van der Waals surface area contributed by atoms with E-state index in [2.05, 4.69) is 20.2 Å². The Kier molecular flexibility index (Phi) is 5.51. The van der Waals surface area contributed by atoms with Gasteiger partial charge in [0.25, 0.3) is 0 Å². The second kappa shape index (κ2) is 7.17. The molecule has 0 aliphatic carbocycles. The number of halogens is 4. The van der Waals surface area contributed by atoms with Gasteiger partial charge in [-0.05, 0) is 31.8 Å². The zero-order valence-electron chi connectivity index (χ0n) is 11.3. The summed E-state index contributed by atoms with van der Waals surface area (Å²) in [5.74, 6) is -3.21. The van der Waals surface area contributed by atoms with E-state index in [0.29, 0.717) is 18.2 Å².